The fraction of sp³-hybridized carbons (Fsp3) is 0.133. The summed E-state index contributed by atoms with van der Waals surface area (Å²) in [7, 11) is 0. The first kappa shape index (κ1) is 37.8. The second-order valence-corrected chi connectivity index (χ2v) is 17.4. The first-order valence-electron chi connectivity index (χ1n) is 22.2. The van der Waals surface area contributed by atoms with Gasteiger partial charge in [-0.25, -0.2) is 0 Å². The Bertz CT molecular complexity index is 3070. The van der Waals surface area contributed by atoms with E-state index in [1.165, 1.54) is 83.4 Å². The Morgan fingerprint density at radius 3 is 1.98 bits per heavy atom. The van der Waals surface area contributed by atoms with E-state index in [0.29, 0.717) is 5.92 Å². The number of para-hydroxylation sites is 2. The number of hydrogen-bond acceptors (Lipinski definition) is 2. The van der Waals surface area contributed by atoms with Crippen molar-refractivity contribution in [1.29, 1.82) is 0 Å². The van der Waals surface area contributed by atoms with Gasteiger partial charge in [-0.3, -0.25) is 0 Å². The van der Waals surface area contributed by atoms with E-state index in [2.05, 4.69) is 248 Å². The maximum absolute atomic E-state index is 2.55. The standard InChI is InChI=1S/C60H50N2/c1-42-18-12-17-29-58(42)62(51-27-10-5-11-28-51)52-35-37-56-55(40-52)59(47-31-30-43-19-13-15-21-45(43)38-47)54-36-34-53(61(49-23-6-3-7-24-49)50-25-8-4-9-26-50)41-57(54)60(56,2)48-33-32-44-20-14-16-22-46(44)39-48/h3-8,10-25,27-42,56,58H,9,26H2,1-2H3. The van der Waals surface area contributed by atoms with Crippen LogP contribution in [-0.2, 0) is 5.41 Å². The zero-order valence-electron chi connectivity index (χ0n) is 35.4. The van der Waals surface area contributed by atoms with E-state index in [9.17, 15) is 0 Å². The molecule has 0 aromatic heterocycles. The average Bonchev–Trinajstić information content (AvgIpc) is 3.33. The largest absolute Gasteiger partial charge is 0.334 e. The summed E-state index contributed by atoms with van der Waals surface area (Å²) in [5.41, 5.74) is 13.4. The maximum atomic E-state index is 2.55. The molecule has 0 fully saturated rings. The molecule has 7 aromatic carbocycles. The monoisotopic (exact) mass is 798 g/mol. The predicted molar refractivity (Wildman–Crippen MR) is 263 cm³/mol. The number of rotatable bonds is 8. The molecule has 4 aliphatic carbocycles. The van der Waals surface area contributed by atoms with Crippen LogP contribution in [0.2, 0.25) is 0 Å². The normalized spacial score (nSPS) is 21.4. The average molecular weight is 799 g/mol. The molecule has 62 heavy (non-hydrogen) atoms. The topological polar surface area (TPSA) is 6.48 Å². The Morgan fingerprint density at radius 1 is 0.581 bits per heavy atom. The molecule has 0 amide bonds. The minimum atomic E-state index is -0.425. The summed E-state index contributed by atoms with van der Waals surface area (Å²) in [6, 6.07) is 61.2. The van der Waals surface area contributed by atoms with E-state index in [1.807, 2.05) is 0 Å². The number of allylic oxidation sites excluding steroid dienone is 10. The Morgan fingerprint density at radius 2 is 1.26 bits per heavy atom. The van der Waals surface area contributed by atoms with Gasteiger partial charge in [0.25, 0.3) is 0 Å². The van der Waals surface area contributed by atoms with Crippen molar-refractivity contribution < 1.29 is 0 Å². The van der Waals surface area contributed by atoms with Crippen molar-refractivity contribution in [2.75, 3.05) is 9.80 Å². The van der Waals surface area contributed by atoms with Crippen molar-refractivity contribution in [3.8, 4) is 0 Å². The Hall–Kier alpha value is -7.16. The van der Waals surface area contributed by atoms with Crippen molar-refractivity contribution in [3.63, 3.8) is 0 Å². The van der Waals surface area contributed by atoms with Crippen molar-refractivity contribution in [3.05, 3.63) is 264 Å². The highest BCUT2D eigenvalue weighted by Crippen LogP contribution is 2.56. The molecule has 0 saturated carbocycles. The van der Waals surface area contributed by atoms with Crippen LogP contribution in [0.25, 0.3) is 27.1 Å². The summed E-state index contributed by atoms with van der Waals surface area (Å²) < 4.78 is 0. The highest BCUT2D eigenvalue weighted by atomic mass is 15.2. The second kappa shape index (κ2) is 15.7. The summed E-state index contributed by atoms with van der Waals surface area (Å²) in [6.07, 6.45) is 25.4. The Kier molecular flexibility index (Phi) is 9.58. The fourth-order valence-corrected chi connectivity index (χ4v) is 10.6. The molecule has 7 aromatic rings. The van der Waals surface area contributed by atoms with Gasteiger partial charge in [0, 0.05) is 39.8 Å². The summed E-state index contributed by atoms with van der Waals surface area (Å²) in [6.45, 7) is 4.84. The molecule has 0 bridgehead atoms. The molecule has 4 unspecified atom stereocenters. The second-order valence-electron chi connectivity index (χ2n) is 17.4. The van der Waals surface area contributed by atoms with Crippen molar-refractivity contribution in [2.24, 2.45) is 11.8 Å². The van der Waals surface area contributed by atoms with Crippen LogP contribution in [0.3, 0.4) is 0 Å². The van der Waals surface area contributed by atoms with Gasteiger partial charge >= 0.3 is 0 Å². The molecular weight excluding hydrogens is 749 g/mol. The SMILES string of the molecule is CC1C=CC=CC1N(C1=CC2=C(c3ccc4ccccc4c3)c3ccc(N(C4=CC=CCC4)c4ccccc4)cc3C(C)(c3ccc4ccccc4c3)C2C=C1)c1ccccc1. The zero-order chi connectivity index (χ0) is 41.6. The van der Waals surface area contributed by atoms with Crippen molar-refractivity contribution in [1.82, 2.24) is 0 Å². The van der Waals surface area contributed by atoms with Gasteiger partial charge in [0.2, 0.25) is 0 Å². The van der Waals surface area contributed by atoms with Crippen LogP contribution < -0.4 is 9.80 Å². The smallest absolute Gasteiger partial charge is 0.0585 e. The van der Waals surface area contributed by atoms with E-state index in [4.69, 9.17) is 0 Å². The van der Waals surface area contributed by atoms with Crippen LogP contribution in [0.15, 0.2) is 242 Å². The summed E-state index contributed by atoms with van der Waals surface area (Å²) >= 11 is 0. The first-order valence-corrected chi connectivity index (χ1v) is 22.2. The molecule has 0 saturated heterocycles. The molecule has 4 atom stereocenters. The lowest BCUT2D eigenvalue weighted by molar-refractivity contribution is 0.461. The van der Waals surface area contributed by atoms with E-state index in [-0.39, 0.29) is 12.0 Å². The number of nitrogens with zero attached hydrogens (tertiary/aromatic N) is 2. The minimum absolute atomic E-state index is 0.0375. The summed E-state index contributed by atoms with van der Waals surface area (Å²) in [5.74, 6) is 0.368. The van der Waals surface area contributed by atoms with Crippen LogP contribution in [-0.4, -0.2) is 6.04 Å². The van der Waals surface area contributed by atoms with Gasteiger partial charge in [0.1, 0.15) is 0 Å². The molecule has 11 rings (SSSR count). The predicted octanol–water partition coefficient (Wildman–Crippen LogP) is 15.2. The lowest BCUT2D eigenvalue weighted by atomic mass is 9.57. The quantitative estimate of drug-likeness (QED) is 0.151. The van der Waals surface area contributed by atoms with Gasteiger partial charge in [-0.05, 0) is 134 Å². The first-order chi connectivity index (χ1) is 30.5. The molecular formula is C60H50N2. The third-order valence-corrected chi connectivity index (χ3v) is 13.8. The van der Waals surface area contributed by atoms with Crippen LogP contribution in [0.4, 0.5) is 17.1 Å². The molecule has 0 N–H and O–H groups in total. The molecule has 300 valence electrons. The third kappa shape index (κ3) is 6.50. The number of fused-ring (bicyclic) bond motifs is 4. The van der Waals surface area contributed by atoms with E-state index >= 15 is 0 Å². The zero-order valence-corrected chi connectivity index (χ0v) is 35.4. The molecule has 2 nitrogen and oxygen atoms in total. The Balaban J connectivity index is 1.20. The minimum Gasteiger partial charge on any atom is -0.334 e. The van der Waals surface area contributed by atoms with Crippen molar-refractivity contribution in [2.45, 2.75) is 38.1 Å². The van der Waals surface area contributed by atoms with Gasteiger partial charge < -0.3 is 9.80 Å². The van der Waals surface area contributed by atoms with E-state index in [0.717, 1.165) is 12.8 Å². The van der Waals surface area contributed by atoms with Crippen LogP contribution >= 0.6 is 0 Å². The van der Waals surface area contributed by atoms with Gasteiger partial charge in [-0.15, -0.1) is 0 Å². The number of benzene rings is 7. The highest BCUT2D eigenvalue weighted by molar-refractivity contribution is 5.95. The van der Waals surface area contributed by atoms with E-state index in [1.54, 1.807) is 0 Å². The van der Waals surface area contributed by atoms with E-state index < -0.39 is 5.41 Å². The van der Waals surface area contributed by atoms with Gasteiger partial charge in [0.15, 0.2) is 0 Å². The third-order valence-electron chi connectivity index (χ3n) is 13.8. The molecule has 0 aliphatic heterocycles. The summed E-state index contributed by atoms with van der Waals surface area (Å²) in [4.78, 5) is 5.04. The molecule has 4 aliphatic rings. The maximum Gasteiger partial charge on any atom is 0.0585 e. The van der Waals surface area contributed by atoms with Gasteiger partial charge in [0.05, 0.1) is 6.04 Å². The van der Waals surface area contributed by atoms with Gasteiger partial charge in [-0.1, -0.05) is 178 Å². The van der Waals surface area contributed by atoms with Crippen LogP contribution in [0.1, 0.15) is 48.9 Å². The van der Waals surface area contributed by atoms with Crippen LogP contribution in [0, 0.1) is 11.8 Å². The highest BCUT2D eigenvalue weighted by Gasteiger charge is 2.46. The lowest BCUT2D eigenvalue weighted by Crippen LogP contribution is -2.41. The molecule has 0 spiro atoms. The molecule has 0 heterocycles. The molecule has 0 radical (unpaired) electrons. The van der Waals surface area contributed by atoms with Crippen LogP contribution in [0.5, 0.6) is 0 Å². The summed E-state index contributed by atoms with van der Waals surface area (Å²) in [5, 5.41) is 5.02. The van der Waals surface area contributed by atoms with Crippen molar-refractivity contribution >= 4 is 44.2 Å². The number of anilines is 3. The number of hydrogen-bond donors (Lipinski definition) is 0. The van der Waals surface area contributed by atoms with Gasteiger partial charge in [-0.2, -0.15) is 0 Å². The lowest BCUT2D eigenvalue weighted by Gasteiger charge is -2.47. The fourth-order valence-electron chi connectivity index (χ4n) is 10.6. The molecule has 2 heteroatoms. The Labute approximate surface area is 366 Å².